The van der Waals surface area contributed by atoms with Crippen LogP contribution < -0.4 is 4.90 Å². The molecule has 0 radical (unpaired) electrons. The molecule has 2 aromatic rings. The molecule has 1 N–H and O–H groups in total. The monoisotopic (exact) mass is 271 g/mol. The Labute approximate surface area is 117 Å². The Bertz CT molecular complexity index is 651. The van der Waals surface area contributed by atoms with Crippen LogP contribution in [-0.2, 0) is 0 Å². The van der Waals surface area contributed by atoms with Gasteiger partial charge in [0.05, 0.1) is 5.52 Å². The van der Waals surface area contributed by atoms with Crippen molar-refractivity contribution in [3.63, 3.8) is 0 Å². The third kappa shape index (κ3) is 2.19. The second kappa shape index (κ2) is 5.07. The van der Waals surface area contributed by atoms with Crippen molar-refractivity contribution in [1.82, 2.24) is 9.97 Å². The molecule has 5 heteroatoms. The summed E-state index contributed by atoms with van der Waals surface area (Å²) in [5.74, 6) is -0.500. The van der Waals surface area contributed by atoms with Crippen molar-refractivity contribution >= 4 is 22.7 Å². The molecule has 0 spiro atoms. The van der Waals surface area contributed by atoms with Crippen LogP contribution in [0.5, 0.6) is 0 Å². The van der Waals surface area contributed by atoms with Gasteiger partial charge in [0, 0.05) is 18.5 Å². The number of benzene rings is 1. The topological polar surface area (TPSA) is 66.3 Å². The molecular formula is C15H17N3O2. The highest BCUT2D eigenvalue weighted by atomic mass is 16.4. The first-order valence-corrected chi connectivity index (χ1v) is 6.90. The van der Waals surface area contributed by atoms with Crippen LogP contribution in [0, 0.1) is 0 Å². The van der Waals surface area contributed by atoms with Crippen LogP contribution in [0.15, 0.2) is 24.3 Å². The SMILES string of the molecule is CN(c1nc(C(=O)O)nc2ccccc12)C1CCCC1. The van der Waals surface area contributed by atoms with E-state index in [1.54, 1.807) is 0 Å². The van der Waals surface area contributed by atoms with E-state index in [1.807, 2.05) is 31.3 Å². The lowest BCUT2D eigenvalue weighted by Crippen LogP contribution is -2.30. The fraction of sp³-hybridized carbons (Fsp3) is 0.400. The molecule has 20 heavy (non-hydrogen) atoms. The number of nitrogens with zero attached hydrogens (tertiary/aromatic N) is 3. The minimum Gasteiger partial charge on any atom is -0.475 e. The number of para-hydroxylation sites is 1. The number of rotatable bonds is 3. The second-order valence-electron chi connectivity index (χ2n) is 5.24. The summed E-state index contributed by atoms with van der Waals surface area (Å²) in [6, 6.07) is 8.00. The van der Waals surface area contributed by atoms with Gasteiger partial charge in [0.25, 0.3) is 0 Å². The molecule has 0 aliphatic heterocycles. The number of carboxylic acids is 1. The van der Waals surface area contributed by atoms with Crippen LogP contribution in [0.4, 0.5) is 5.82 Å². The van der Waals surface area contributed by atoms with Gasteiger partial charge in [-0.05, 0) is 25.0 Å². The molecule has 1 aromatic heterocycles. The Balaban J connectivity index is 2.13. The van der Waals surface area contributed by atoms with E-state index in [0.29, 0.717) is 11.6 Å². The predicted octanol–water partition coefficient (Wildman–Crippen LogP) is 2.71. The quantitative estimate of drug-likeness (QED) is 0.929. The number of carboxylic acid groups (broad SMARTS) is 1. The Morgan fingerprint density at radius 3 is 2.65 bits per heavy atom. The van der Waals surface area contributed by atoms with Gasteiger partial charge in [-0.2, -0.15) is 0 Å². The zero-order chi connectivity index (χ0) is 14.1. The van der Waals surface area contributed by atoms with Crippen molar-refractivity contribution in [3.8, 4) is 0 Å². The summed E-state index contributed by atoms with van der Waals surface area (Å²) in [6.07, 6.45) is 4.72. The summed E-state index contributed by atoms with van der Waals surface area (Å²) in [6.45, 7) is 0. The molecule has 0 bridgehead atoms. The maximum atomic E-state index is 11.2. The van der Waals surface area contributed by atoms with E-state index < -0.39 is 5.97 Å². The molecule has 1 fully saturated rings. The molecule has 1 aliphatic carbocycles. The number of hydrogen-bond donors (Lipinski definition) is 1. The van der Waals surface area contributed by atoms with Crippen molar-refractivity contribution in [2.45, 2.75) is 31.7 Å². The Morgan fingerprint density at radius 2 is 1.95 bits per heavy atom. The number of anilines is 1. The lowest BCUT2D eigenvalue weighted by molar-refractivity contribution is 0.0684. The van der Waals surface area contributed by atoms with Gasteiger partial charge >= 0.3 is 5.97 Å². The number of hydrogen-bond acceptors (Lipinski definition) is 4. The van der Waals surface area contributed by atoms with E-state index in [-0.39, 0.29) is 5.82 Å². The molecule has 0 saturated heterocycles. The van der Waals surface area contributed by atoms with Gasteiger partial charge in [0.15, 0.2) is 0 Å². The summed E-state index contributed by atoms with van der Waals surface area (Å²) < 4.78 is 0. The third-order valence-corrected chi connectivity index (χ3v) is 3.98. The standard InChI is InChI=1S/C15H17N3O2/c1-18(10-6-2-3-7-10)14-11-8-4-5-9-12(11)16-13(17-14)15(19)20/h4-5,8-10H,2-3,6-7H2,1H3,(H,19,20). The smallest absolute Gasteiger partial charge is 0.374 e. The second-order valence-corrected chi connectivity index (χ2v) is 5.24. The molecule has 0 amide bonds. The average molecular weight is 271 g/mol. The molecule has 104 valence electrons. The van der Waals surface area contributed by atoms with Crippen molar-refractivity contribution in [2.75, 3.05) is 11.9 Å². The number of aromatic carboxylic acids is 1. The highest BCUT2D eigenvalue weighted by Crippen LogP contribution is 2.30. The van der Waals surface area contributed by atoms with E-state index >= 15 is 0 Å². The summed E-state index contributed by atoms with van der Waals surface area (Å²) in [7, 11) is 2.00. The van der Waals surface area contributed by atoms with E-state index in [1.165, 1.54) is 12.8 Å². The maximum Gasteiger partial charge on any atom is 0.374 e. The van der Waals surface area contributed by atoms with Crippen LogP contribution in [0.25, 0.3) is 10.9 Å². The Morgan fingerprint density at radius 1 is 1.25 bits per heavy atom. The van der Waals surface area contributed by atoms with Crippen LogP contribution in [0.1, 0.15) is 36.3 Å². The molecule has 3 rings (SSSR count). The normalized spacial score (nSPS) is 15.7. The van der Waals surface area contributed by atoms with Crippen LogP contribution in [-0.4, -0.2) is 34.1 Å². The molecule has 0 unspecified atom stereocenters. The number of fused-ring (bicyclic) bond motifs is 1. The highest BCUT2D eigenvalue weighted by Gasteiger charge is 2.23. The summed E-state index contributed by atoms with van der Waals surface area (Å²) in [5.41, 5.74) is 0.680. The highest BCUT2D eigenvalue weighted by molar-refractivity contribution is 5.93. The molecule has 1 heterocycles. The van der Waals surface area contributed by atoms with E-state index in [4.69, 9.17) is 0 Å². The van der Waals surface area contributed by atoms with Crippen LogP contribution in [0.2, 0.25) is 0 Å². The Hall–Kier alpha value is -2.17. The van der Waals surface area contributed by atoms with Gasteiger partial charge in [-0.3, -0.25) is 0 Å². The lowest BCUT2D eigenvalue weighted by Gasteiger charge is -2.26. The fourth-order valence-electron chi connectivity index (χ4n) is 2.89. The first-order valence-electron chi connectivity index (χ1n) is 6.90. The maximum absolute atomic E-state index is 11.2. The summed E-state index contributed by atoms with van der Waals surface area (Å²) in [4.78, 5) is 21.7. The van der Waals surface area contributed by atoms with Crippen molar-refractivity contribution in [3.05, 3.63) is 30.1 Å². The third-order valence-electron chi connectivity index (χ3n) is 3.98. The van der Waals surface area contributed by atoms with Crippen molar-refractivity contribution in [2.24, 2.45) is 0 Å². The van der Waals surface area contributed by atoms with Crippen LogP contribution >= 0.6 is 0 Å². The molecule has 5 nitrogen and oxygen atoms in total. The van der Waals surface area contributed by atoms with Gasteiger partial charge in [-0.1, -0.05) is 25.0 Å². The molecule has 0 atom stereocenters. The van der Waals surface area contributed by atoms with Gasteiger partial charge in [-0.25, -0.2) is 14.8 Å². The largest absolute Gasteiger partial charge is 0.475 e. The minimum atomic E-state index is -1.09. The van der Waals surface area contributed by atoms with Crippen molar-refractivity contribution < 1.29 is 9.90 Å². The van der Waals surface area contributed by atoms with E-state index in [2.05, 4.69) is 14.9 Å². The number of carbonyl (C=O) groups is 1. The summed E-state index contributed by atoms with van der Waals surface area (Å²) >= 11 is 0. The predicted molar refractivity (Wildman–Crippen MR) is 77.2 cm³/mol. The zero-order valence-electron chi connectivity index (χ0n) is 11.4. The van der Waals surface area contributed by atoms with E-state index in [9.17, 15) is 9.90 Å². The lowest BCUT2D eigenvalue weighted by atomic mass is 10.1. The molecule has 1 aromatic carbocycles. The van der Waals surface area contributed by atoms with E-state index in [0.717, 1.165) is 24.0 Å². The molecule has 1 saturated carbocycles. The van der Waals surface area contributed by atoms with Gasteiger partial charge < -0.3 is 10.0 Å². The van der Waals surface area contributed by atoms with Gasteiger partial charge in [-0.15, -0.1) is 0 Å². The molecule has 1 aliphatic rings. The zero-order valence-corrected chi connectivity index (χ0v) is 11.4. The van der Waals surface area contributed by atoms with Crippen molar-refractivity contribution in [1.29, 1.82) is 0 Å². The Kier molecular flexibility index (Phi) is 3.26. The average Bonchev–Trinajstić information content (AvgIpc) is 2.99. The fourth-order valence-corrected chi connectivity index (χ4v) is 2.89. The summed E-state index contributed by atoms with van der Waals surface area (Å²) in [5, 5.41) is 10.1. The number of aromatic nitrogens is 2. The first-order chi connectivity index (χ1) is 9.66. The molecular weight excluding hydrogens is 254 g/mol. The van der Waals surface area contributed by atoms with Crippen LogP contribution in [0.3, 0.4) is 0 Å². The first kappa shape index (κ1) is 12.8. The van der Waals surface area contributed by atoms with Gasteiger partial charge in [0.1, 0.15) is 5.82 Å². The minimum absolute atomic E-state index is 0.136. The van der Waals surface area contributed by atoms with Gasteiger partial charge in [0.2, 0.25) is 5.82 Å².